The molecule has 1 aromatic rings. The summed E-state index contributed by atoms with van der Waals surface area (Å²) >= 11 is 1.44. The summed E-state index contributed by atoms with van der Waals surface area (Å²) in [6.45, 7) is 9.36. The van der Waals surface area contributed by atoms with E-state index in [9.17, 15) is 9.59 Å². The Bertz CT molecular complexity index is 484. The zero-order valence-corrected chi connectivity index (χ0v) is 12.5. The van der Waals surface area contributed by atoms with E-state index in [-0.39, 0.29) is 11.8 Å². The van der Waals surface area contributed by atoms with Gasteiger partial charge in [0, 0.05) is 17.3 Å². The lowest BCUT2D eigenvalue weighted by Crippen LogP contribution is -2.28. The van der Waals surface area contributed by atoms with Crippen molar-refractivity contribution in [2.75, 3.05) is 12.4 Å². The fourth-order valence-electron chi connectivity index (χ4n) is 1.40. The number of thiophene rings is 1. The fourth-order valence-corrected chi connectivity index (χ4v) is 2.46. The number of aryl methyl sites for hydroxylation is 1. The van der Waals surface area contributed by atoms with Crippen molar-refractivity contribution in [1.29, 1.82) is 0 Å². The van der Waals surface area contributed by atoms with E-state index < -0.39 is 5.41 Å². The minimum Gasteiger partial charge on any atom is -0.355 e. The average molecular weight is 268 g/mol. The zero-order chi connectivity index (χ0) is 14.1. The van der Waals surface area contributed by atoms with Crippen molar-refractivity contribution in [1.82, 2.24) is 5.32 Å². The van der Waals surface area contributed by atoms with Crippen molar-refractivity contribution < 1.29 is 9.59 Å². The summed E-state index contributed by atoms with van der Waals surface area (Å²) < 4.78 is 0. The van der Waals surface area contributed by atoms with Crippen molar-refractivity contribution in [2.45, 2.75) is 34.6 Å². The lowest BCUT2D eigenvalue weighted by Gasteiger charge is -2.17. The average Bonchev–Trinajstić information content (AvgIpc) is 2.52. The third kappa shape index (κ3) is 2.90. The topological polar surface area (TPSA) is 58.2 Å². The van der Waals surface area contributed by atoms with Gasteiger partial charge in [-0.05, 0) is 19.4 Å². The van der Waals surface area contributed by atoms with E-state index in [0.29, 0.717) is 10.6 Å². The van der Waals surface area contributed by atoms with Crippen molar-refractivity contribution >= 4 is 28.2 Å². The third-order valence-corrected chi connectivity index (χ3v) is 3.87. The number of amides is 2. The second-order valence-corrected chi connectivity index (χ2v) is 6.50. The molecule has 0 unspecified atom stereocenters. The molecule has 0 atom stereocenters. The van der Waals surface area contributed by atoms with Crippen LogP contribution in [0, 0.1) is 19.3 Å². The van der Waals surface area contributed by atoms with Gasteiger partial charge in [0.05, 0.1) is 5.56 Å². The number of anilines is 1. The summed E-state index contributed by atoms with van der Waals surface area (Å²) in [6, 6.07) is 0. The molecule has 4 nitrogen and oxygen atoms in total. The van der Waals surface area contributed by atoms with Crippen LogP contribution < -0.4 is 10.6 Å². The highest BCUT2D eigenvalue weighted by Gasteiger charge is 2.25. The molecule has 0 saturated heterocycles. The Morgan fingerprint density at radius 3 is 2.17 bits per heavy atom. The van der Waals surface area contributed by atoms with Crippen LogP contribution in [0.1, 0.15) is 41.6 Å². The lowest BCUT2D eigenvalue weighted by atomic mass is 9.96. The molecule has 1 heterocycles. The van der Waals surface area contributed by atoms with Crippen LogP contribution in [0.3, 0.4) is 0 Å². The first kappa shape index (κ1) is 14.7. The minimum absolute atomic E-state index is 0.0890. The second kappa shape index (κ2) is 5.10. The van der Waals surface area contributed by atoms with Crippen molar-refractivity contribution in [3.63, 3.8) is 0 Å². The maximum absolute atomic E-state index is 12.0. The molecule has 0 fully saturated rings. The summed E-state index contributed by atoms with van der Waals surface area (Å²) in [4.78, 5) is 24.9. The summed E-state index contributed by atoms with van der Waals surface area (Å²) in [6.07, 6.45) is 0. The standard InChI is InChI=1S/C13H20N2O2S/c1-7-8(2)18-11(9(7)10(16)14-6)15-12(17)13(3,4)5/h1-6H3,(H,14,16)(H,15,17). The number of carbonyl (C=O) groups excluding carboxylic acids is 2. The first-order valence-electron chi connectivity index (χ1n) is 5.82. The molecule has 0 saturated carbocycles. The number of nitrogens with one attached hydrogen (secondary N) is 2. The van der Waals surface area contributed by atoms with E-state index in [4.69, 9.17) is 0 Å². The van der Waals surface area contributed by atoms with E-state index in [0.717, 1.165) is 10.4 Å². The number of hydrogen-bond donors (Lipinski definition) is 2. The minimum atomic E-state index is -0.480. The Morgan fingerprint density at radius 1 is 1.17 bits per heavy atom. The summed E-state index contributed by atoms with van der Waals surface area (Å²) in [5.74, 6) is -0.255. The molecule has 0 aromatic carbocycles. The molecule has 2 N–H and O–H groups in total. The summed E-state index contributed by atoms with van der Waals surface area (Å²) in [5, 5.41) is 6.08. The Hall–Kier alpha value is -1.36. The quantitative estimate of drug-likeness (QED) is 0.866. The lowest BCUT2D eigenvalue weighted by molar-refractivity contribution is -0.123. The molecule has 5 heteroatoms. The van der Waals surface area contributed by atoms with Crippen LogP contribution in [0.15, 0.2) is 0 Å². The largest absolute Gasteiger partial charge is 0.355 e. The summed E-state index contributed by atoms with van der Waals surface area (Å²) in [5.41, 5.74) is 1.01. The molecule has 2 amide bonds. The van der Waals surface area contributed by atoms with Crippen LogP contribution in [0.4, 0.5) is 5.00 Å². The highest BCUT2D eigenvalue weighted by atomic mass is 32.1. The van der Waals surface area contributed by atoms with Crippen LogP contribution >= 0.6 is 11.3 Å². The predicted molar refractivity (Wildman–Crippen MR) is 75.3 cm³/mol. The Labute approximate surface area is 112 Å². The second-order valence-electron chi connectivity index (χ2n) is 5.27. The van der Waals surface area contributed by atoms with Gasteiger partial charge in [-0.25, -0.2) is 0 Å². The van der Waals surface area contributed by atoms with Crippen molar-refractivity contribution in [2.24, 2.45) is 5.41 Å². The molecule has 0 aliphatic rings. The van der Waals surface area contributed by atoms with Crippen LogP contribution in [-0.2, 0) is 4.79 Å². The molecule has 0 aliphatic heterocycles. The van der Waals surface area contributed by atoms with Gasteiger partial charge in [-0.1, -0.05) is 20.8 Å². The van der Waals surface area contributed by atoms with Gasteiger partial charge >= 0.3 is 0 Å². The molecule has 0 spiro atoms. The normalized spacial score (nSPS) is 11.2. The van der Waals surface area contributed by atoms with Crippen LogP contribution in [0.2, 0.25) is 0 Å². The highest BCUT2D eigenvalue weighted by molar-refractivity contribution is 7.16. The molecule has 0 bridgehead atoms. The molecule has 18 heavy (non-hydrogen) atoms. The van der Waals surface area contributed by atoms with Crippen LogP contribution in [0.25, 0.3) is 0 Å². The van der Waals surface area contributed by atoms with Gasteiger partial charge in [0.15, 0.2) is 0 Å². The van der Waals surface area contributed by atoms with E-state index >= 15 is 0 Å². The van der Waals surface area contributed by atoms with Crippen molar-refractivity contribution in [3.8, 4) is 0 Å². The summed E-state index contributed by atoms with van der Waals surface area (Å²) in [7, 11) is 1.59. The molecular formula is C13H20N2O2S. The Balaban J connectivity index is 3.14. The molecular weight excluding hydrogens is 248 g/mol. The molecule has 1 rings (SSSR count). The van der Waals surface area contributed by atoms with Gasteiger partial charge < -0.3 is 10.6 Å². The fraction of sp³-hybridized carbons (Fsp3) is 0.538. The number of carbonyl (C=O) groups is 2. The first-order chi connectivity index (χ1) is 8.18. The molecule has 0 aliphatic carbocycles. The van der Waals surface area contributed by atoms with Crippen molar-refractivity contribution in [3.05, 3.63) is 16.0 Å². The van der Waals surface area contributed by atoms with Gasteiger partial charge in [-0.15, -0.1) is 11.3 Å². The SMILES string of the molecule is CNC(=O)c1c(NC(=O)C(C)(C)C)sc(C)c1C. The van der Waals surface area contributed by atoms with E-state index in [1.54, 1.807) is 7.05 Å². The Kier molecular flexibility index (Phi) is 4.16. The van der Waals surface area contributed by atoms with Gasteiger partial charge in [0.2, 0.25) is 5.91 Å². The highest BCUT2D eigenvalue weighted by Crippen LogP contribution is 2.33. The number of hydrogen-bond acceptors (Lipinski definition) is 3. The van der Waals surface area contributed by atoms with Crippen LogP contribution in [0.5, 0.6) is 0 Å². The maximum Gasteiger partial charge on any atom is 0.254 e. The maximum atomic E-state index is 12.0. The van der Waals surface area contributed by atoms with Gasteiger partial charge in [0.25, 0.3) is 5.91 Å². The van der Waals surface area contributed by atoms with Gasteiger partial charge in [-0.3, -0.25) is 9.59 Å². The molecule has 1 aromatic heterocycles. The third-order valence-electron chi connectivity index (χ3n) is 2.75. The molecule has 0 radical (unpaired) electrons. The predicted octanol–water partition coefficient (Wildman–Crippen LogP) is 2.71. The number of rotatable bonds is 2. The smallest absolute Gasteiger partial charge is 0.254 e. The van der Waals surface area contributed by atoms with E-state index in [1.165, 1.54) is 11.3 Å². The monoisotopic (exact) mass is 268 g/mol. The van der Waals surface area contributed by atoms with E-state index in [2.05, 4.69) is 10.6 Å². The van der Waals surface area contributed by atoms with Gasteiger partial charge in [0.1, 0.15) is 5.00 Å². The van der Waals surface area contributed by atoms with Crippen LogP contribution in [-0.4, -0.2) is 18.9 Å². The van der Waals surface area contributed by atoms with E-state index in [1.807, 2.05) is 34.6 Å². The van der Waals surface area contributed by atoms with Gasteiger partial charge in [-0.2, -0.15) is 0 Å². The first-order valence-corrected chi connectivity index (χ1v) is 6.63. The Morgan fingerprint density at radius 2 is 1.72 bits per heavy atom. The molecule has 100 valence electrons. The zero-order valence-electron chi connectivity index (χ0n) is 11.7.